The molecule has 3 heteroatoms. The van der Waals surface area contributed by atoms with E-state index >= 15 is 0 Å². The van der Waals surface area contributed by atoms with Crippen molar-refractivity contribution in [2.75, 3.05) is 6.16 Å². The number of allylic oxidation sites excluding steroid dienone is 2. The molecular weight excluding hydrogens is 361 g/mol. The number of aryl methyl sites for hydroxylation is 1. The van der Waals surface area contributed by atoms with E-state index in [1.807, 2.05) is 43.6 Å². The van der Waals surface area contributed by atoms with Crippen LogP contribution >= 0.6 is 7.14 Å². The Morgan fingerprint density at radius 1 is 0.857 bits per heavy atom. The van der Waals surface area contributed by atoms with Gasteiger partial charge in [0, 0.05) is 35.4 Å². The topological polar surface area (TPSA) is 22.0 Å². The lowest BCUT2D eigenvalue weighted by molar-refractivity contribution is 0.576. The van der Waals surface area contributed by atoms with Crippen molar-refractivity contribution in [1.82, 2.24) is 4.57 Å². The van der Waals surface area contributed by atoms with Crippen LogP contribution in [0.2, 0.25) is 0 Å². The van der Waals surface area contributed by atoms with Gasteiger partial charge in [-0.1, -0.05) is 73.2 Å². The average Bonchev–Trinajstić information content (AvgIpc) is 3.28. The number of hydrogen-bond donors (Lipinski definition) is 0. The van der Waals surface area contributed by atoms with Gasteiger partial charge in [-0.2, -0.15) is 0 Å². The highest BCUT2D eigenvalue weighted by molar-refractivity contribution is 7.85. The second-order valence-electron chi connectivity index (χ2n) is 8.16. The van der Waals surface area contributed by atoms with E-state index in [2.05, 4.69) is 60.9 Å². The highest BCUT2D eigenvalue weighted by Gasteiger charge is 2.59. The molecule has 0 saturated carbocycles. The van der Waals surface area contributed by atoms with Crippen molar-refractivity contribution < 1.29 is 4.57 Å². The Labute approximate surface area is 166 Å². The van der Waals surface area contributed by atoms with Gasteiger partial charge in [0.05, 0.1) is 5.69 Å². The molecule has 2 unspecified atom stereocenters. The molecule has 28 heavy (non-hydrogen) atoms. The second kappa shape index (κ2) is 5.96. The molecule has 1 aromatic heterocycles. The van der Waals surface area contributed by atoms with Crippen LogP contribution in [0.15, 0.2) is 84.6 Å². The first-order valence-corrected chi connectivity index (χ1v) is 11.6. The molecule has 0 spiro atoms. The van der Waals surface area contributed by atoms with Crippen LogP contribution in [-0.2, 0) is 11.6 Å². The second-order valence-corrected chi connectivity index (χ2v) is 10.9. The molecule has 2 bridgehead atoms. The molecule has 0 fully saturated rings. The summed E-state index contributed by atoms with van der Waals surface area (Å²) in [6, 6.07) is 25.0. The molecule has 0 N–H and O–H groups in total. The van der Waals surface area contributed by atoms with E-state index in [-0.39, 0.29) is 5.41 Å². The van der Waals surface area contributed by atoms with Gasteiger partial charge in [-0.3, -0.25) is 0 Å². The van der Waals surface area contributed by atoms with Crippen molar-refractivity contribution in [3.8, 4) is 0 Å². The van der Waals surface area contributed by atoms with E-state index in [1.54, 1.807) is 0 Å². The number of hydrogen-bond acceptors (Lipinski definition) is 1. The average molecular weight is 385 g/mol. The zero-order valence-electron chi connectivity index (χ0n) is 16.5. The Morgan fingerprint density at radius 2 is 1.46 bits per heavy atom. The Kier molecular flexibility index (Phi) is 3.73. The normalized spacial score (nSPS) is 26.4. The summed E-state index contributed by atoms with van der Waals surface area (Å²) in [5, 5.41) is 2.13. The standard InChI is InChI=1S/C25H24NOP/c1-18-23(20-13-8-5-9-14-20)28(27)17-25(18,2)22(19-11-6-4-7-12-19)24(28)21-15-10-16-26(21)3/h4-16H,17H2,1-3H3. The monoisotopic (exact) mass is 385 g/mol. The van der Waals surface area contributed by atoms with Crippen LogP contribution in [-0.4, -0.2) is 10.7 Å². The Balaban J connectivity index is 1.86. The predicted octanol–water partition coefficient (Wildman–Crippen LogP) is 6.72. The number of rotatable bonds is 3. The first-order valence-electron chi connectivity index (χ1n) is 9.76. The van der Waals surface area contributed by atoms with Crippen molar-refractivity contribution in [2.24, 2.45) is 12.5 Å². The molecule has 5 rings (SSSR count). The number of benzene rings is 2. The zero-order chi connectivity index (χ0) is 19.5. The summed E-state index contributed by atoms with van der Waals surface area (Å²) in [5.41, 5.74) is 5.67. The summed E-state index contributed by atoms with van der Waals surface area (Å²) >= 11 is 0. The summed E-state index contributed by atoms with van der Waals surface area (Å²) < 4.78 is 16.9. The van der Waals surface area contributed by atoms with E-state index < -0.39 is 7.14 Å². The maximum atomic E-state index is 14.8. The van der Waals surface area contributed by atoms with E-state index in [0.717, 1.165) is 21.9 Å². The number of aromatic nitrogens is 1. The van der Waals surface area contributed by atoms with Crippen molar-refractivity contribution in [2.45, 2.75) is 13.8 Å². The number of nitrogens with zero attached hydrogens (tertiary/aromatic N) is 1. The third-order valence-corrected chi connectivity index (χ3v) is 10.1. The smallest absolute Gasteiger partial charge is 0.147 e. The van der Waals surface area contributed by atoms with Crippen LogP contribution in [0.4, 0.5) is 0 Å². The highest BCUT2D eigenvalue weighted by atomic mass is 31.2. The van der Waals surface area contributed by atoms with E-state index in [4.69, 9.17) is 0 Å². The van der Waals surface area contributed by atoms with Gasteiger partial charge in [-0.15, -0.1) is 0 Å². The molecule has 2 aliphatic rings. The maximum Gasteiger partial charge on any atom is 0.147 e. The van der Waals surface area contributed by atoms with Gasteiger partial charge in [-0.05, 0) is 35.8 Å². The molecule has 2 aromatic carbocycles. The fourth-order valence-electron chi connectivity index (χ4n) is 5.18. The Bertz CT molecular complexity index is 1180. The molecule has 0 saturated heterocycles. The lowest BCUT2D eigenvalue weighted by Crippen LogP contribution is -2.18. The molecular formula is C25H24NOP. The van der Waals surface area contributed by atoms with Crippen LogP contribution in [0.5, 0.6) is 0 Å². The third-order valence-electron chi connectivity index (χ3n) is 6.53. The quantitative estimate of drug-likeness (QED) is 0.459. The van der Waals surface area contributed by atoms with Gasteiger partial charge in [-0.25, -0.2) is 0 Å². The van der Waals surface area contributed by atoms with Crippen molar-refractivity contribution in [1.29, 1.82) is 0 Å². The lowest BCUT2D eigenvalue weighted by atomic mass is 9.74. The van der Waals surface area contributed by atoms with Gasteiger partial charge >= 0.3 is 0 Å². The first-order chi connectivity index (χ1) is 13.5. The van der Waals surface area contributed by atoms with Gasteiger partial charge < -0.3 is 9.13 Å². The van der Waals surface area contributed by atoms with Crippen molar-refractivity contribution in [3.63, 3.8) is 0 Å². The van der Waals surface area contributed by atoms with Crippen molar-refractivity contribution in [3.05, 3.63) is 101 Å². The molecule has 140 valence electrons. The molecule has 2 nitrogen and oxygen atoms in total. The maximum absolute atomic E-state index is 14.8. The third kappa shape index (κ3) is 2.19. The minimum atomic E-state index is -2.74. The summed E-state index contributed by atoms with van der Waals surface area (Å²) in [6.07, 6.45) is 2.74. The fourth-order valence-corrected chi connectivity index (χ4v) is 9.70. The van der Waals surface area contributed by atoms with Gasteiger partial charge in [0.1, 0.15) is 7.14 Å². The lowest BCUT2D eigenvalue weighted by Gasteiger charge is -2.31. The van der Waals surface area contributed by atoms with E-state index in [0.29, 0.717) is 6.16 Å². The van der Waals surface area contributed by atoms with Crippen LogP contribution < -0.4 is 0 Å². The van der Waals surface area contributed by atoms with Crippen molar-refractivity contribution >= 4 is 23.3 Å². The van der Waals surface area contributed by atoms with Crippen LogP contribution in [0.1, 0.15) is 30.7 Å². The van der Waals surface area contributed by atoms with Crippen LogP contribution in [0.3, 0.4) is 0 Å². The van der Waals surface area contributed by atoms with Crippen LogP contribution in [0.25, 0.3) is 16.2 Å². The molecule has 0 amide bonds. The summed E-state index contributed by atoms with van der Waals surface area (Å²) in [5.74, 6) is 0. The van der Waals surface area contributed by atoms with E-state index in [9.17, 15) is 4.57 Å². The number of fused-ring (bicyclic) bond motifs is 2. The molecule has 2 aliphatic heterocycles. The fraction of sp³-hybridized carbons (Fsp3) is 0.200. The summed E-state index contributed by atoms with van der Waals surface area (Å²) in [7, 11) is -0.692. The Morgan fingerprint density at radius 3 is 2.04 bits per heavy atom. The first kappa shape index (κ1) is 17.5. The van der Waals surface area contributed by atoms with Gasteiger partial charge in [0.15, 0.2) is 0 Å². The summed E-state index contributed by atoms with van der Waals surface area (Å²) in [6.45, 7) is 4.47. The van der Waals surface area contributed by atoms with E-state index in [1.165, 1.54) is 16.7 Å². The predicted molar refractivity (Wildman–Crippen MR) is 118 cm³/mol. The van der Waals surface area contributed by atoms with Gasteiger partial charge in [0.2, 0.25) is 0 Å². The zero-order valence-corrected chi connectivity index (χ0v) is 17.4. The largest absolute Gasteiger partial charge is 0.350 e. The highest BCUT2D eigenvalue weighted by Crippen LogP contribution is 2.84. The molecule has 3 heterocycles. The SMILES string of the molecule is CC1=C(c2ccccc2)P2(=O)CC1(C)C(c1ccccc1)=C2c1cccn1C. The summed E-state index contributed by atoms with van der Waals surface area (Å²) in [4.78, 5) is 0. The minimum absolute atomic E-state index is 0.207. The molecule has 3 aromatic rings. The van der Waals surface area contributed by atoms with Gasteiger partial charge in [0.25, 0.3) is 0 Å². The Hall–Kier alpha value is -2.57. The van der Waals surface area contributed by atoms with Crippen LogP contribution in [0, 0.1) is 5.41 Å². The molecule has 2 atom stereocenters. The minimum Gasteiger partial charge on any atom is -0.350 e. The molecule has 0 radical (unpaired) electrons. The molecule has 0 aliphatic carbocycles.